The molecule has 1 atom stereocenters. The van der Waals surface area contributed by atoms with E-state index in [0.29, 0.717) is 29.7 Å². The highest BCUT2D eigenvalue weighted by Gasteiger charge is 2.40. The summed E-state index contributed by atoms with van der Waals surface area (Å²) in [5.41, 5.74) is 0.597. The van der Waals surface area contributed by atoms with Crippen LogP contribution in [0.2, 0.25) is 0 Å². The molecule has 0 fully saturated rings. The van der Waals surface area contributed by atoms with Gasteiger partial charge in [-0.1, -0.05) is 25.1 Å². The first kappa shape index (κ1) is 24.8. The Kier molecular flexibility index (Phi) is 6.49. The van der Waals surface area contributed by atoms with Gasteiger partial charge in [-0.3, -0.25) is 19.9 Å². The van der Waals surface area contributed by atoms with Gasteiger partial charge in [-0.25, -0.2) is 9.78 Å². The number of ketones is 1. The number of aliphatic carboxylic acids is 1. The van der Waals surface area contributed by atoms with Gasteiger partial charge in [-0.05, 0) is 42.7 Å². The average Bonchev–Trinajstić information content (AvgIpc) is 2.81. The third-order valence-electron chi connectivity index (χ3n) is 6.02. The van der Waals surface area contributed by atoms with E-state index in [-0.39, 0.29) is 23.7 Å². The van der Waals surface area contributed by atoms with Gasteiger partial charge in [-0.2, -0.15) is 13.2 Å². The van der Waals surface area contributed by atoms with Crippen LogP contribution in [0.3, 0.4) is 0 Å². The van der Waals surface area contributed by atoms with Gasteiger partial charge in [0, 0.05) is 22.2 Å². The predicted molar refractivity (Wildman–Crippen MR) is 125 cm³/mol. The zero-order valence-corrected chi connectivity index (χ0v) is 19.0. The number of hydrogen-bond acceptors (Lipinski definition) is 5. The van der Waals surface area contributed by atoms with Crippen molar-refractivity contribution in [3.8, 4) is 11.3 Å². The van der Waals surface area contributed by atoms with Gasteiger partial charge in [0.05, 0.1) is 30.1 Å². The summed E-state index contributed by atoms with van der Waals surface area (Å²) < 4.78 is 38.5. The maximum atomic E-state index is 12.9. The Morgan fingerprint density at radius 2 is 1.86 bits per heavy atom. The Labute approximate surface area is 203 Å². The minimum atomic E-state index is -4.53. The van der Waals surface area contributed by atoms with E-state index in [2.05, 4.69) is 20.6 Å². The molecule has 3 N–H and O–H groups in total. The molecule has 1 unspecified atom stereocenters. The molecule has 0 spiro atoms. The quantitative estimate of drug-likeness (QED) is 0.432. The van der Waals surface area contributed by atoms with Crippen molar-refractivity contribution in [3.63, 3.8) is 0 Å². The molecule has 4 rings (SSSR count). The van der Waals surface area contributed by atoms with Gasteiger partial charge in [0.25, 0.3) is 0 Å². The number of carboxylic acid groups (broad SMARTS) is 1. The Balaban J connectivity index is 1.44. The summed E-state index contributed by atoms with van der Waals surface area (Å²) in [6.07, 6.45) is -1.08. The summed E-state index contributed by atoms with van der Waals surface area (Å²) in [6, 6.07) is 8.61. The Bertz CT molecular complexity index is 1340. The highest BCUT2D eigenvalue weighted by molar-refractivity contribution is 6.04. The molecule has 8 nitrogen and oxygen atoms in total. The van der Waals surface area contributed by atoms with Gasteiger partial charge in [0.15, 0.2) is 11.6 Å². The van der Waals surface area contributed by atoms with Crippen LogP contribution in [0, 0.1) is 5.41 Å². The fourth-order valence-corrected chi connectivity index (χ4v) is 4.13. The summed E-state index contributed by atoms with van der Waals surface area (Å²) in [6.45, 7) is 1.67. The molecule has 0 saturated heterocycles. The SMILES string of the molecule is CC1(CC(=O)O)CCc2cc(-c3cnc(NC(=O)Nc4cccc(C(F)(F)F)c4)cn3)ccc2C1=O. The highest BCUT2D eigenvalue weighted by Crippen LogP contribution is 2.39. The van der Waals surface area contributed by atoms with Crippen LogP contribution >= 0.6 is 0 Å². The summed E-state index contributed by atoms with van der Waals surface area (Å²) in [4.78, 5) is 44.6. The zero-order valence-electron chi connectivity index (χ0n) is 19.0. The lowest BCUT2D eigenvalue weighted by Crippen LogP contribution is -2.35. The maximum absolute atomic E-state index is 12.9. The lowest BCUT2D eigenvalue weighted by molar-refractivity contribution is -0.139. The number of aromatic nitrogens is 2. The number of urea groups is 1. The van der Waals surface area contributed by atoms with Gasteiger partial charge in [-0.15, -0.1) is 0 Å². The number of halogens is 3. The number of Topliss-reactive ketones (excluding diaryl/α,β-unsaturated/α-hetero) is 1. The third-order valence-corrected chi connectivity index (χ3v) is 6.02. The van der Waals surface area contributed by atoms with Crippen molar-refractivity contribution in [2.24, 2.45) is 5.41 Å². The first-order chi connectivity index (χ1) is 16.9. The van der Waals surface area contributed by atoms with Gasteiger partial charge in [0.2, 0.25) is 0 Å². The Morgan fingerprint density at radius 3 is 2.53 bits per heavy atom. The van der Waals surface area contributed by atoms with E-state index in [9.17, 15) is 27.6 Å². The number of fused-ring (bicyclic) bond motifs is 1. The number of benzene rings is 2. The fraction of sp³-hybridized carbons (Fsp3) is 0.240. The first-order valence-corrected chi connectivity index (χ1v) is 10.9. The van der Waals surface area contributed by atoms with Crippen molar-refractivity contribution in [1.82, 2.24) is 9.97 Å². The van der Waals surface area contributed by atoms with Gasteiger partial charge >= 0.3 is 18.2 Å². The number of carbonyl (C=O) groups excluding carboxylic acids is 2. The molecular formula is C25H21F3N4O4. The summed E-state index contributed by atoms with van der Waals surface area (Å²) in [5.74, 6) is -1.13. The number of nitrogens with one attached hydrogen (secondary N) is 2. The smallest absolute Gasteiger partial charge is 0.416 e. The molecule has 11 heteroatoms. The topological polar surface area (TPSA) is 121 Å². The fourth-order valence-electron chi connectivity index (χ4n) is 4.13. The van der Waals surface area contributed by atoms with Crippen LogP contribution in [0.25, 0.3) is 11.3 Å². The number of rotatable bonds is 5. The second kappa shape index (κ2) is 9.40. The van der Waals surface area contributed by atoms with Crippen molar-refractivity contribution >= 4 is 29.3 Å². The monoisotopic (exact) mass is 498 g/mol. The van der Waals surface area contributed by atoms with E-state index >= 15 is 0 Å². The minimum absolute atomic E-state index is 0.0324. The predicted octanol–water partition coefficient (Wildman–Crippen LogP) is 5.42. The summed E-state index contributed by atoms with van der Waals surface area (Å²) in [5, 5.41) is 13.9. The normalized spacial score (nSPS) is 17.3. The van der Waals surface area contributed by atoms with Crippen molar-refractivity contribution in [1.29, 1.82) is 0 Å². The highest BCUT2D eigenvalue weighted by atomic mass is 19.4. The number of nitrogens with zero attached hydrogens (tertiary/aromatic N) is 2. The summed E-state index contributed by atoms with van der Waals surface area (Å²) >= 11 is 0. The van der Waals surface area contributed by atoms with E-state index < -0.39 is 29.2 Å². The third kappa shape index (κ3) is 5.35. The van der Waals surface area contributed by atoms with Gasteiger partial charge in [0.1, 0.15) is 0 Å². The summed E-state index contributed by atoms with van der Waals surface area (Å²) in [7, 11) is 0. The van der Waals surface area contributed by atoms with Crippen molar-refractivity contribution in [2.75, 3.05) is 10.6 Å². The van der Waals surface area contributed by atoms with Crippen molar-refractivity contribution in [2.45, 2.75) is 32.4 Å². The van der Waals surface area contributed by atoms with Crippen LogP contribution in [0.5, 0.6) is 0 Å². The molecule has 36 heavy (non-hydrogen) atoms. The van der Waals surface area contributed by atoms with Crippen LogP contribution in [0.1, 0.15) is 41.3 Å². The molecule has 0 bridgehead atoms. The molecule has 0 aliphatic heterocycles. The molecule has 2 aromatic carbocycles. The van der Waals surface area contributed by atoms with E-state index in [0.717, 1.165) is 17.7 Å². The maximum Gasteiger partial charge on any atom is 0.416 e. The zero-order chi connectivity index (χ0) is 26.1. The Hall–Kier alpha value is -4.28. The second-order valence-corrected chi connectivity index (χ2v) is 8.78. The molecule has 1 aliphatic carbocycles. The number of carbonyl (C=O) groups is 3. The Morgan fingerprint density at radius 1 is 1.08 bits per heavy atom. The average molecular weight is 498 g/mol. The van der Waals surface area contributed by atoms with Crippen LogP contribution in [-0.2, 0) is 17.4 Å². The largest absolute Gasteiger partial charge is 0.481 e. The molecular weight excluding hydrogens is 477 g/mol. The molecule has 0 saturated carbocycles. The number of amides is 2. The standard InChI is InChI=1S/C25H21F3N4O4/c1-24(11-21(33)34)8-7-14-9-15(5-6-18(14)22(24)35)19-12-30-20(13-29-19)32-23(36)31-17-4-2-3-16(10-17)25(26,27)28/h2-6,9-10,12-13H,7-8,11H2,1H3,(H,33,34)(H2,30,31,32,36). The van der Waals surface area contributed by atoms with E-state index in [1.807, 2.05) is 6.07 Å². The lowest BCUT2D eigenvalue weighted by atomic mass is 9.69. The van der Waals surface area contributed by atoms with E-state index in [1.54, 1.807) is 19.1 Å². The number of alkyl halides is 3. The first-order valence-electron chi connectivity index (χ1n) is 10.9. The van der Waals surface area contributed by atoms with E-state index in [1.165, 1.54) is 24.5 Å². The van der Waals surface area contributed by atoms with Crippen LogP contribution < -0.4 is 10.6 Å². The molecule has 186 valence electrons. The van der Waals surface area contributed by atoms with Crippen LogP contribution in [0.15, 0.2) is 54.9 Å². The molecule has 3 aromatic rings. The van der Waals surface area contributed by atoms with Gasteiger partial charge < -0.3 is 10.4 Å². The number of anilines is 2. The number of aryl methyl sites for hydroxylation is 1. The van der Waals surface area contributed by atoms with E-state index in [4.69, 9.17) is 5.11 Å². The van der Waals surface area contributed by atoms with Crippen LogP contribution in [0.4, 0.5) is 29.5 Å². The van der Waals surface area contributed by atoms with Crippen molar-refractivity contribution in [3.05, 3.63) is 71.5 Å². The number of carboxylic acids is 1. The van der Waals surface area contributed by atoms with Crippen LogP contribution in [-0.4, -0.2) is 32.9 Å². The molecule has 1 aromatic heterocycles. The molecule has 1 aliphatic rings. The van der Waals surface area contributed by atoms with Crippen molar-refractivity contribution < 1.29 is 32.7 Å². The minimum Gasteiger partial charge on any atom is -0.481 e. The molecule has 2 amide bonds. The lowest BCUT2D eigenvalue weighted by Gasteiger charge is -2.32. The number of hydrogen-bond donors (Lipinski definition) is 3. The second-order valence-electron chi connectivity index (χ2n) is 8.78. The molecule has 0 radical (unpaired) electrons. The molecule has 1 heterocycles.